The van der Waals surface area contributed by atoms with Crippen LogP contribution in [0.25, 0.3) is 0 Å². The van der Waals surface area contributed by atoms with E-state index >= 15 is 0 Å². The molecular weight excluding hydrogens is 442 g/mol. The van der Waals surface area contributed by atoms with Gasteiger partial charge in [-0.05, 0) is 0 Å². The van der Waals surface area contributed by atoms with Crippen LogP contribution >= 0.6 is 0 Å². The summed E-state index contributed by atoms with van der Waals surface area (Å²) in [7, 11) is 0. The predicted molar refractivity (Wildman–Crippen MR) is 94.5 cm³/mol. The molecule has 2 aromatic rings. The molecule has 0 heterocycles. The maximum Gasteiger partial charge on any atom is -1.00 e. The van der Waals surface area contributed by atoms with Crippen LogP contribution in [0.2, 0.25) is 10.9 Å². The minimum atomic E-state index is 0. The Labute approximate surface area is 159 Å². The molecule has 0 amide bonds. The van der Waals surface area contributed by atoms with E-state index in [0.717, 1.165) is 0 Å². The minimum Gasteiger partial charge on any atom is -1.00 e. The van der Waals surface area contributed by atoms with Gasteiger partial charge in [0.15, 0.2) is 0 Å². The summed E-state index contributed by atoms with van der Waals surface area (Å²) in [5.41, 5.74) is 8.24. The monoisotopic (exact) mass is 468 g/mol. The number of benzene rings is 2. The number of rotatable bonds is 7. The van der Waals surface area contributed by atoms with E-state index in [4.69, 9.17) is 0 Å². The number of hydrogen-bond donors (Lipinski definition) is 0. The molecule has 2 aromatic carbocycles. The number of unbranched alkanes of at least 4 members (excludes halogenated alkanes) is 1. The van der Waals surface area contributed by atoms with Crippen molar-refractivity contribution in [2.45, 2.75) is 49.9 Å². The fourth-order valence-electron chi connectivity index (χ4n) is 3.05. The van der Waals surface area contributed by atoms with Gasteiger partial charge in [-0.2, -0.15) is 0 Å². The van der Waals surface area contributed by atoms with Crippen LogP contribution in [0.3, 0.4) is 0 Å². The van der Waals surface area contributed by atoms with Gasteiger partial charge in [-0.15, -0.1) is 0 Å². The van der Waals surface area contributed by atoms with E-state index in [9.17, 15) is 0 Å². The molecule has 0 saturated carbocycles. The molecule has 2 heteroatoms. The predicted octanol–water partition coefficient (Wildman–Crippen LogP) is 2.78. The van der Waals surface area contributed by atoms with Crippen LogP contribution in [0.15, 0.2) is 48.5 Å². The van der Waals surface area contributed by atoms with Crippen LogP contribution in [0.4, 0.5) is 0 Å². The van der Waals surface area contributed by atoms with Crippen LogP contribution in [-0.2, 0) is 0 Å². The smallest absolute Gasteiger partial charge is 1.00 e. The summed E-state index contributed by atoms with van der Waals surface area (Å²) in [6.45, 7) is 4.49. The molecule has 0 aliphatic heterocycles. The van der Waals surface area contributed by atoms with Crippen LogP contribution in [0.1, 0.15) is 47.4 Å². The third-order valence-electron chi connectivity index (χ3n) is 4.25. The van der Waals surface area contributed by atoms with Crippen molar-refractivity contribution in [1.82, 2.24) is 0 Å². The molecule has 0 aliphatic carbocycles. The fraction of sp³-hybridized carbons (Fsp3) is 0.400. The first-order chi connectivity index (χ1) is 10.2. The van der Waals surface area contributed by atoms with Gasteiger partial charge in [0.25, 0.3) is 0 Å². The van der Waals surface area contributed by atoms with Gasteiger partial charge in [0.1, 0.15) is 0 Å². The Balaban J connectivity index is 0.00000242. The zero-order valence-corrected chi connectivity index (χ0v) is 17.9. The molecule has 118 valence electrons. The topological polar surface area (TPSA) is 0 Å². The van der Waals surface area contributed by atoms with E-state index in [1.807, 2.05) is 0 Å². The van der Waals surface area contributed by atoms with Crippen LogP contribution in [0.5, 0.6) is 0 Å². The minimum absolute atomic E-state index is 0. The van der Waals surface area contributed by atoms with Crippen molar-refractivity contribution < 1.29 is 24.0 Å². The first-order valence-corrected chi connectivity index (χ1v) is 11.1. The number of halogens is 1. The average Bonchev–Trinajstić information content (AvgIpc) is 2.50. The fourth-order valence-corrected chi connectivity index (χ4v) is 4.19. The first-order valence-electron chi connectivity index (χ1n) is 7.90. The van der Waals surface area contributed by atoms with Crippen molar-refractivity contribution in [2.75, 3.05) is 0 Å². The molecule has 0 fully saturated rings. The second kappa shape index (κ2) is 10.5. The van der Waals surface area contributed by atoms with E-state index in [-0.39, 0.29) is 24.0 Å². The van der Waals surface area contributed by atoms with E-state index in [2.05, 4.69) is 68.1 Å². The van der Waals surface area contributed by atoms with Gasteiger partial charge in [0, 0.05) is 0 Å². The molecule has 0 bridgehead atoms. The standard InChI is InChI=1S/C20H26As.HI/c1-16-10-4-6-12-18(16)20(14-8-9-15-21-3)19-13-7-5-11-17(19)2;/h4-7,10-13,20H,8-9,14-15H2,1-3H3;1H/q+1;/p-1. The number of aryl methyl sites for hydroxylation is 2. The molecule has 0 N–H and O–H groups in total. The van der Waals surface area contributed by atoms with E-state index in [1.165, 1.54) is 46.7 Å². The molecule has 0 atom stereocenters. The molecular formula is C20H26AsI. The second-order valence-electron chi connectivity index (χ2n) is 5.80. The molecule has 0 unspecified atom stereocenters. The van der Waals surface area contributed by atoms with E-state index < -0.39 is 0 Å². The Morgan fingerprint density at radius 2 is 1.32 bits per heavy atom. The Hall–Kier alpha value is -0.272. The van der Waals surface area contributed by atoms with Crippen molar-refractivity contribution in [3.63, 3.8) is 0 Å². The number of hydrogen-bond acceptors (Lipinski definition) is 0. The molecule has 0 nitrogen and oxygen atoms in total. The van der Waals surface area contributed by atoms with Crippen molar-refractivity contribution in [2.24, 2.45) is 0 Å². The molecule has 22 heavy (non-hydrogen) atoms. The molecule has 0 spiro atoms. The zero-order valence-electron chi connectivity index (χ0n) is 13.8. The Morgan fingerprint density at radius 1 is 0.818 bits per heavy atom. The summed E-state index contributed by atoms with van der Waals surface area (Å²) < 4.78 is 0. The van der Waals surface area contributed by atoms with Gasteiger partial charge in [-0.25, -0.2) is 0 Å². The van der Waals surface area contributed by atoms with Crippen molar-refractivity contribution in [3.8, 4) is 0 Å². The third-order valence-corrected chi connectivity index (χ3v) is 5.85. The largest absolute Gasteiger partial charge is 1.00 e. The third kappa shape index (κ3) is 5.42. The summed E-state index contributed by atoms with van der Waals surface area (Å²) in [6.07, 6.45) is 4.01. The van der Waals surface area contributed by atoms with Crippen LogP contribution in [0, 0.1) is 13.8 Å². The van der Waals surface area contributed by atoms with E-state index in [0.29, 0.717) is 21.7 Å². The normalized spacial score (nSPS) is 11.1. The summed E-state index contributed by atoms with van der Waals surface area (Å²) >= 11 is 0.578. The van der Waals surface area contributed by atoms with Gasteiger partial charge in [0.2, 0.25) is 0 Å². The molecule has 2 rings (SSSR count). The quantitative estimate of drug-likeness (QED) is 0.333. The molecule has 0 aromatic heterocycles. The summed E-state index contributed by atoms with van der Waals surface area (Å²) in [4.78, 5) is 0. The zero-order chi connectivity index (χ0) is 15.1. The Morgan fingerprint density at radius 3 is 1.77 bits per heavy atom. The van der Waals surface area contributed by atoms with E-state index in [1.54, 1.807) is 0 Å². The molecule has 0 aliphatic rings. The first kappa shape index (κ1) is 19.8. The van der Waals surface area contributed by atoms with Gasteiger partial charge < -0.3 is 24.0 Å². The van der Waals surface area contributed by atoms with Crippen molar-refractivity contribution in [3.05, 3.63) is 70.8 Å². The van der Waals surface area contributed by atoms with Gasteiger partial charge in [0.05, 0.1) is 0 Å². The average molecular weight is 468 g/mol. The summed E-state index contributed by atoms with van der Waals surface area (Å²) in [6, 6.07) is 17.8. The van der Waals surface area contributed by atoms with Gasteiger partial charge in [-0.1, -0.05) is 0 Å². The van der Waals surface area contributed by atoms with Crippen molar-refractivity contribution >= 4 is 15.8 Å². The second-order valence-corrected chi connectivity index (χ2v) is 8.07. The maximum atomic E-state index is 2.37. The SMILES string of the molecule is C[As+]CCCCC(c1ccccc1C)c1ccccc1C.[I-]. The van der Waals surface area contributed by atoms with Gasteiger partial charge in [-0.3, -0.25) is 0 Å². The Kier molecular flexibility index (Phi) is 9.43. The van der Waals surface area contributed by atoms with Crippen LogP contribution in [-0.4, -0.2) is 15.8 Å². The molecule has 2 radical (unpaired) electrons. The van der Waals surface area contributed by atoms with Crippen LogP contribution < -0.4 is 24.0 Å². The summed E-state index contributed by atoms with van der Waals surface area (Å²) in [5, 5.41) is 1.45. The molecule has 0 saturated heterocycles. The van der Waals surface area contributed by atoms with Gasteiger partial charge >= 0.3 is 136 Å². The Bertz CT molecular complexity index is 520. The van der Waals surface area contributed by atoms with Crippen molar-refractivity contribution in [1.29, 1.82) is 0 Å². The maximum absolute atomic E-state index is 2.37. The summed E-state index contributed by atoms with van der Waals surface area (Å²) in [5.74, 6) is 0.556.